The number of piperidine rings is 1. The fraction of sp³-hybridized carbons (Fsp3) is 1.00. The summed E-state index contributed by atoms with van der Waals surface area (Å²) in [4.78, 5) is 1.82. The monoisotopic (exact) mass is 210 g/mol. The van der Waals surface area contributed by atoms with Crippen molar-refractivity contribution in [2.45, 2.75) is 57.1 Å². The minimum atomic E-state index is 0.0539. The first-order valence-electron chi connectivity index (χ1n) is 6.89. The predicted molar refractivity (Wildman–Crippen MR) is 59.8 cm³/mol. The standard InChI is InChI=1S/C13H23NO/c15-13-10-4-6-11(13)12(7-5-10)14-8-2-1-3-9-14/h10-13,15H,1-9H2/p+1/t10-,11+,12-,13-/m1/s1. The van der Waals surface area contributed by atoms with Gasteiger partial charge in [0.15, 0.2) is 0 Å². The Labute approximate surface area is 92.7 Å². The molecule has 0 amide bonds. The number of hydrogen-bond donors (Lipinski definition) is 2. The summed E-state index contributed by atoms with van der Waals surface area (Å²) < 4.78 is 0. The summed E-state index contributed by atoms with van der Waals surface area (Å²) >= 11 is 0. The van der Waals surface area contributed by atoms with Crippen LogP contribution in [0.5, 0.6) is 0 Å². The molecule has 0 aromatic carbocycles. The van der Waals surface area contributed by atoms with Gasteiger partial charge < -0.3 is 10.0 Å². The molecule has 1 aliphatic heterocycles. The molecule has 15 heavy (non-hydrogen) atoms. The Hall–Kier alpha value is -0.0800. The molecule has 2 heteroatoms. The molecule has 1 heterocycles. The molecule has 2 N–H and O–H groups in total. The van der Waals surface area contributed by atoms with Crippen molar-refractivity contribution in [3.05, 3.63) is 0 Å². The van der Waals surface area contributed by atoms with Crippen molar-refractivity contribution >= 4 is 0 Å². The summed E-state index contributed by atoms with van der Waals surface area (Å²) in [7, 11) is 0. The molecule has 3 aliphatic rings. The topological polar surface area (TPSA) is 24.7 Å². The van der Waals surface area contributed by atoms with Gasteiger partial charge in [-0.2, -0.15) is 0 Å². The summed E-state index contributed by atoms with van der Waals surface area (Å²) in [6.07, 6.45) is 9.61. The third-order valence-corrected chi connectivity index (χ3v) is 5.18. The van der Waals surface area contributed by atoms with Crippen molar-refractivity contribution < 1.29 is 10.0 Å². The minimum Gasteiger partial charge on any atom is -0.392 e. The van der Waals surface area contributed by atoms with E-state index >= 15 is 0 Å². The molecular formula is C13H24NO+. The molecule has 2 saturated carbocycles. The third kappa shape index (κ3) is 1.72. The SMILES string of the molecule is O[C@@H]1[C@@H]2CC[C@H]1[C@H]([NH+]1CCCCC1)CC2. The highest BCUT2D eigenvalue weighted by molar-refractivity contribution is 4.93. The van der Waals surface area contributed by atoms with Crippen LogP contribution in [0, 0.1) is 11.8 Å². The molecule has 3 rings (SSSR count). The number of aliphatic hydroxyl groups is 1. The largest absolute Gasteiger partial charge is 0.392 e. The maximum Gasteiger partial charge on any atom is 0.0928 e. The van der Waals surface area contributed by atoms with E-state index in [0.29, 0.717) is 11.8 Å². The lowest BCUT2D eigenvalue weighted by atomic mass is 9.81. The average molecular weight is 210 g/mol. The van der Waals surface area contributed by atoms with E-state index in [1.54, 1.807) is 0 Å². The molecule has 0 aromatic heterocycles. The normalized spacial score (nSPS) is 47.0. The second-order valence-corrected chi connectivity index (χ2v) is 5.89. The first-order chi connectivity index (χ1) is 7.36. The zero-order valence-electron chi connectivity index (χ0n) is 9.62. The van der Waals surface area contributed by atoms with Crippen molar-refractivity contribution in [3.8, 4) is 0 Å². The van der Waals surface area contributed by atoms with E-state index in [-0.39, 0.29) is 6.10 Å². The molecule has 0 radical (unpaired) electrons. The van der Waals surface area contributed by atoms with Crippen LogP contribution in [0.1, 0.15) is 44.9 Å². The second kappa shape index (κ2) is 4.06. The van der Waals surface area contributed by atoms with E-state index in [9.17, 15) is 5.11 Å². The highest BCUT2D eigenvalue weighted by atomic mass is 16.3. The lowest BCUT2D eigenvalue weighted by Gasteiger charge is -2.39. The Morgan fingerprint density at radius 2 is 1.60 bits per heavy atom. The number of likely N-dealkylation sites (tertiary alicyclic amines) is 1. The van der Waals surface area contributed by atoms with Crippen LogP contribution in [0.15, 0.2) is 0 Å². The van der Waals surface area contributed by atoms with Crippen LogP contribution in [0.4, 0.5) is 0 Å². The minimum absolute atomic E-state index is 0.0539. The van der Waals surface area contributed by atoms with Crippen LogP contribution in [-0.2, 0) is 0 Å². The van der Waals surface area contributed by atoms with Crippen molar-refractivity contribution in [2.75, 3.05) is 13.1 Å². The Morgan fingerprint density at radius 1 is 0.867 bits per heavy atom. The molecule has 2 aliphatic carbocycles. The smallest absolute Gasteiger partial charge is 0.0928 e. The highest BCUT2D eigenvalue weighted by Crippen LogP contribution is 2.41. The van der Waals surface area contributed by atoms with Crippen molar-refractivity contribution in [2.24, 2.45) is 11.8 Å². The van der Waals surface area contributed by atoms with Gasteiger partial charge in [-0.1, -0.05) is 0 Å². The summed E-state index contributed by atoms with van der Waals surface area (Å²) in [5, 5.41) is 10.2. The second-order valence-electron chi connectivity index (χ2n) is 5.89. The van der Waals surface area contributed by atoms with Crippen molar-refractivity contribution in [1.29, 1.82) is 0 Å². The van der Waals surface area contributed by atoms with Crippen LogP contribution in [0.3, 0.4) is 0 Å². The zero-order chi connectivity index (χ0) is 10.3. The average Bonchev–Trinajstić information content (AvgIpc) is 2.54. The molecule has 2 nitrogen and oxygen atoms in total. The van der Waals surface area contributed by atoms with Crippen LogP contribution in [-0.4, -0.2) is 30.3 Å². The van der Waals surface area contributed by atoms with E-state index in [1.165, 1.54) is 58.0 Å². The lowest BCUT2D eigenvalue weighted by molar-refractivity contribution is -0.935. The van der Waals surface area contributed by atoms with Crippen LogP contribution < -0.4 is 4.90 Å². The summed E-state index contributed by atoms with van der Waals surface area (Å²) in [6.45, 7) is 2.75. The Bertz CT molecular complexity index is 225. The molecule has 0 spiro atoms. The third-order valence-electron chi connectivity index (χ3n) is 5.18. The van der Waals surface area contributed by atoms with Crippen molar-refractivity contribution in [1.82, 2.24) is 0 Å². The van der Waals surface area contributed by atoms with Gasteiger partial charge in [-0.25, -0.2) is 0 Å². The quantitative estimate of drug-likeness (QED) is 0.651. The zero-order valence-corrected chi connectivity index (χ0v) is 9.62. The first kappa shape index (κ1) is 10.1. The Balaban J connectivity index is 1.69. The van der Waals surface area contributed by atoms with E-state index < -0.39 is 0 Å². The molecule has 4 atom stereocenters. The van der Waals surface area contributed by atoms with Crippen molar-refractivity contribution in [3.63, 3.8) is 0 Å². The van der Waals surface area contributed by atoms with Gasteiger partial charge in [0, 0.05) is 12.3 Å². The predicted octanol–water partition coefficient (Wildman–Crippen LogP) is 0.605. The van der Waals surface area contributed by atoms with E-state index in [2.05, 4.69) is 0 Å². The number of rotatable bonds is 1. The lowest BCUT2D eigenvalue weighted by Crippen LogP contribution is -3.17. The van der Waals surface area contributed by atoms with E-state index in [0.717, 1.165) is 6.04 Å². The summed E-state index contributed by atoms with van der Waals surface area (Å²) in [5.74, 6) is 1.31. The maximum absolute atomic E-state index is 10.2. The highest BCUT2D eigenvalue weighted by Gasteiger charge is 2.47. The van der Waals surface area contributed by atoms with Crippen LogP contribution in [0.2, 0.25) is 0 Å². The molecule has 0 unspecified atom stereocenters. The van der Waals surface area contributed by atoms with Gasteiger partial charge in [-0.15, -0.1) is 0 Å². The summed E-state index contributed by atoms with van der Waals surface area (Å²) in [5.41, 5.74) is 0. The van der Waals surface area contributed by atoms with Gasteiger partial charge in [-0.3, -0.25) is 0 Å². The van der Waals surface area contributed by atoms with Crippen LogP contribution in [0.25, 0.3) is 0 Å². The van der Waals surface area contributed by atoms with Gasteiger partial charge in [0.25, 0.3) is 0 Å². The number of nitrogens with one attached hydrogen (secondary N) is 1. The number of aliphatic hydroxyl groups excluding tert-OH is 1. The number of hydrogen-bond acceptors (Lipinski definition) is 1. The fourth-order valence-corrected chi connectivity index (χ4v) is 4.34. The first-order valence-corrected chi connectivity index (χ1v) is 6.89. The van der Waals surface area contributed by atoms with E-state index in [4.69, 9.17) is 0 Å². The molecular weight excluding hydrogens is 186 g/mol. The molecule has 0 aromatic rings. The van der Waals surface area contributed by atoms with Gasteiger partial charge in [0.2, 0.25) is 0 Å². The maximum atomic E-state index is 10.2. The fourth-order valence-electron chi connectivity index (χ4n) is 4.34. The van der Waals surface area contributed by atoms with Gasteiger partial charge >= 0.3 is 0 Å². The molecule has 86 valence electrons. The van der Waals surface area contributed by atoms with Gasteiger partial charge in [0.05, 0.1) is 25.2 Å². The van der Waals surface area contributed by atoms with Gasteiger partial charge in [0.1, 0.15) is 0 Å². The number of fused-ring (bicyclic) bond motifs is 2. The van der Waals surface area contributed by atoms with Crippen LogP contribution >= 0.6 is 0 Å². The van der Waals surface area contributed by atoms with E-state index in [1.807, 2.05) is 4.90 Å². The molecule has 1 saturated heterocycles. The Kier molecular flexibility index (Phi) is 2.73. The van der Waals surface area contributed by atoms with Gasteiger partial charge in [-0.05, 0) is 44.4 Å². The molecule has 2 bridgehead atoms. The Morgan fingerprint density at radius 3 is 2.40 bits per heavy atom. The summed E-state index contributed by atoms with van der Waals surface area (Å²) in [6, 6.07) is 0.805. The number of quaternary nitrogens is 1. The molecule has 3 fully saturated rings.